The normalized spacial score (nSPS) is 22.6. The van der Waals surface area contributed by atoms with Crippen molar-refractivity contribution in [1.29, 1.82) is 0 Å². The van der Waals surface area contributed by atoms with Gasteiger partial charge in [-0.1, -0.05) is 36.4 Å². The van der Waals surface area contributed by atoms with Crippen LogP contribution in [0.5, 0.6) is 0 Å². The summed E-state index contributed by atoms with van der Waals surface area (Å²) in [5.41, 5.74) is 3.00. The Morgan fingerprint density at radius 2 is 1.64 bits per heavy atom. The predicted molar refractivity (Wildman–Crippen MR) is 82.4 cm³/mol. The average Bonchev–Trinajstić information content (AvgIpc) is 2.53. The molecule has 2 aliphatic carbocycles. The topological polar surface area (TPSA) is 43.4 Å². The van der Waals surface area contributed by atoms with Gasteiger partial charge in [-0.05, 0) is 29.4 Å². The second-order valence-electron chi connectivity index (χ2n) is 5.33. The fourth-order valence-corrected chi connectivity index (χ4v) is 2.95. The Bertz CT molecular complexity index is 833. The van der Waals surface area contributed by atoms with E-state index in [0.717, 1.165) is 16.7 Å². The van der Waals surface area contributed by atoms with Crippen LogP contribution in [0.2, 0.25) is 0 Å². The summed E-state index contributed by atoms with van der Waals surface area (Å²) >= 11 is 0. The number of ether oxygens (including phenoxy) is 1. The summed E-state index contributed by atoms with van der Waals surface area (Å²) in [6.45, 7) is 0. The van der Waals surface area contributed by atoms with E-state index in [0.29, 0.717) is 11.5 Å². The summed E-state index contributed by atoms with van der Waals surface area (Å²) in [7, 11) is 0. The van der Waals surface area contributed by atoms with Crippen molar-refractivity contribution in [3.8, 4) is 0 Å². The van der Waals surface area contributed by atoms with Gasteiger partial charge >= 0.3 is 0 Å². The quantitative estimate of drug-likeness (QED) is 0.797. The molecule has 22 heavy (non-hydrogen) atoms. The van der Waals surface area contributed by atoms with Gasteiger partial charge in [-0.3, -0.25) is 9.59 Å². The van der Waals surface area contributed by atoms with Crippen LogP contribution in [-0.4, -0.2) is 11.6 Å². The maximum absolute atomic E-state index is 11.6. The first-order valence-corrected chi connectivity index (χ1v) is 7.08. The molecule has 4 rings (SSSR count). The van der Waals surface area contributed by atoms with Crippen molar-refractivity contribution in [3.05, 3.63) is 89.4 Å². The Labute approximate surface area is 127 Å². The van der Waals surface area contributed by atoms with Crippen molar-refractivity contribution >= 4 is 17.1 Å². The van der Waals surface area contributed by atoms with Gasteiger partial charge in [0.2, 0.25) is 0 Å². The number of allylic oxidation sites excluding steroid dienone is 6. The maximum Gasteiger partial charge on any atom is 0.182 e. The van der Waals surface area contributed by atoms with Gasteiger partial charge in [0.05, 0.1) is 5.92 Å². The average molecular weight is 288 g/mol. The molecule has 3 nitrogen and oxygen atoms in total. The fraction of sp³-hybridized carbons (Fsp3) is 0.0526. The second kappa shape index (κ2) is 4.81. The van der Waals surface area contributed by atoms with Gasteiger partial charge in [-0.15, -0.1) is 0 Å². The monoisotopic (exact) mass is 288 g/mol. The number of benzene rings is 1. The summed E-state index contributed by atoms with van der Waals surface area (Å²) in [6, 6.07) is 9.96. The minimum atomic E-state index is -0.108. The lowest BCUT2D eigenvalue weighted by Gasteiger charge is -2.32. The van der Waals surface area contributed by atoms with E-state index in [4.69, 9.17) is 4.74 Å². The fourth-order valence-electron chi connectivity index (χ4n) is 2.95. The lowest BCUT2D eigenvalue weighted by molar-refractivity contribution is -0.111. The van der Waals surface area contributed by atoms with Gasteiger partial charge in [-0.2, -0.15) is 0 Å². The molecule has 106 valence electrons. The zero-order valence-electron chi connectivity index (χ0n) is 11.7. The highest BCUT2D eigenvalue weighted by atomic mass is 16.5. The molecular formula is C19H12O3. The molecule has 0 spiro atoms. The van der Waals surface area contributed by atoms with Crippen molar-refractivity contribution in [2.45, 2.75) is 0 Å². The minimum Gasteiger partial charge on any atom is -0.460 e. The summed E-state index contributed by atoms with van der Waals surface area (Å²) in [5.74, 6) is 0.773. The molecule has 1 unspecified atom stereocenters. The molecular weight excluding hydrogens is 276 g/mol. The van der Waals surface area contributed by atoms with Crippen LogP contribution < -0.4 is 0 Å². The predicted octanol–water partition coefficient (Wildman–Crippen LogP) is 3.13. The van der Waals surface area contributed by atoms with E-state index < -0.39 is 0 Å². The van der Waals surface area contributed by atoms with Crippen LogP contribution in [0.25, 0.3) is 5.57 Å². The van der Waals surface area contributed by atoms with E-state index in [2.05, 4.69) is 0 Å². The van der Waals surface area contributed by atoms with Crippen LogP contribution >= 0.6 is 0 Å². The van der Waals surface area contributed by atoms with Gasteiger partial charge in [0, 0.05) is 17.7 Å². The maximum atomic E-state index is 11.6. The molecule has 1 aromatic rings. The molecule has 0 saturated carbocycles. The molecule has 0 amide bonds. The van der Waals surface area contributed by atoms with Gasteiger partial charge in [0.15, 0.2) is 11.6 Å². The third-order valence-corrected chi connectivity index (χ3v) is 3.91. The summed E-state index contributed by atoms with van der Waals surface area (Å²) in [5, 5.41) is 0. The lowest BCUT2D eigenvalue weighted by atomic mass is 9.81. The first kappa shape index (κ1) is 12.8. The number of ketones is 2. The molecule has 3 aliphatic rings. The number of fused-ring (bicyclic) bond motifs is 2. The van der Waals surface area contributed by atoms with Crippen molar-refractivity contribution in [2.24, 2.45) is 5.92 Å². The molecule has 0 bridgehead atoms. The van der Waals surface area contributed by atoms with E-state index >= 15 is 0 Å². The van der Waals surface area contributed by atoms with E-state index in [-0.39, 0.29) is 17.5 Å². The first-order chi connectivity index (χ1) is 10.7. The van der Waals surface area contributed by atoms with Crippen LogP contribution in [0.4, 0.5) is 0 Å². The highest BCUT2D eigenvalue weighted by molar-refractivity contribution is 6.05. The molecule has 3 heteroatoms. The molecule has 0 fully saturated rings. The Hall–Kier alpha value is -2.94. The third-order valence-electron chi connectivity index (χ3n) is 3.91. The second-order valence-corrected chi connectivity index (χ2v) is 5.33. The summed E-state index contributed by atoms with van der Waals surface area (Å²) in [6.07, 6.45) is 9.71. The Balaban J connectivity index is 1.97. The standard InChI is InChI=1S/C19H12O3/c20-13-6-8-15-17(10-13)22-18-11-14(21)7-9-16(18)19(15)12-4-2-1-3-5-12/h1-11,15H. The summed E-state index contributed by atoms with van der Waals surface area (Å²) in [4.78, 5) is 23.2. The molecule has 0 N–H and O–H groups in total. The molecule has 1 heterocycles. The smallest absolute Gasteiger partial charge is 0.182 e. The number of carbonyl (C=O) groups is 2. The Morgan fingerprint density at radius 3 is 2.45 bits per heavy atom. The molecule has 1 atom stereocenters. The number of hydrogen-bond acceptors (Lipinski definition) is 3. The van der Waals surface area contributed by atoms with Crippen molar-refractivity contribution < 1.29 is 14.3 Å². The van der Waals surface area contributed by atoms with Crippen molar-refractivity contribution in [3.63, 3.8) is 0 Å². The van der Waals surface area contributed by atoms with Crippen molar-refractivity contribution in [2.75, 3.05) is 0 Å². The van der Waals surface area contributed by atoms with E-state index in [1.807, 2.05) is 36.4 Å². The molecule has 0 radical (unpaired) electrons. The minimum absolute atomic E-state index is 0.0969. The van der Waals surface area contributed by atoms with Crippen LogP contribution in [0, 0.1) is 5.92 Å². The van der Waals surface area contributed by atoms with E-state index in [1.165, 1.54) is 18.2 Å². The highest BCUT2D eigenvalue weighted by Gasteiger charge is 2.33. The Morgan fingerprint density at radius 1 is 0.864 bits per heavy atom. The summed E-state index contributed by atoms with van der Waals surface area (Å²) < 4.78 is 5.81. The van der Waals surface area contributed by atoms with Crippen LogP contribution in [0.3, 0.4) is 0 Å². The van der Waals surface area contributed by atoms with Crippen molar-refractivity contribution in [1.82, 2.24) is 0 Å². The van der Waals surface area contributed by atoms with Gasteiger partial charge in [-0.25, -0.2) is 0 Å². The van der Waals surface area contributed by atoms with Crippen LogP contribution in [0.15, 0.2) is 83.9 Å². The highest BCUT2D eigenvalue weighted by Crippen LogP contribution is 2.44. The molecule has 1 aromatic carbocycles. The molecule has 0 saturated heterocycles. The number of carbonyl (C=O) groups excluding carboxylic acids is 2. The van der Waals surface area contributed by atoms with E-state index in [1.54, 1.807) is 12.2 Å². The Kier molecular flexibility index (Phi) is 2.79. The number of hydrogen-bond donors (Lipinski definition) is 0. The zero-order valence-corrected chi connectivity index (χ0v) is 11.7. The first-order valence-electron chi connectivity index (χ1n) is 7.08. The zero-order chi connectivity index (χ0) is 15.1. The number of rotatable bonds is 1. The molecule has 1 aliphatic heterocycles. The van der Waals surface area contributed by atoms with Crippen LogP contribution in [-0.2, 0) is 14.3 Å². The van der Waals surface area contributed by atoms with Gasteiger partial charge in [0.1, 0.15) is 11.5 Å². The van der Waals surface area contributed by atoms with Crippen LogP contribution in [0.1, 0.15) is 5.56 Å². The van der Waals surface area contributed by atoms with E-state index in [9.17, 15) is 9.59 Å². The van der Waals surface area contributed by atoms with Gasteiger partial charge < -0.3 is 4.74 Å². The SMILES string of the molecule is O=C1C=CC2=C(c3ccccc3)C3C=CC(=O)C=C3OC2=C1. The lowest BCUT2D eigenvalue weighted by Crippen LogP contribution is -2.21. The largest absolute Gasteiger partial charge is 0.460 e. The van der Waals surface area contributed by atoms with Gasteiger partial charge in [0.25, 0.3) is 0 Å². The third kappa shape index (κ3) is 1.99. The molecule has 0 aromatic heterocycles.